The fraction of sp³-hybridized carbons (Fsp3) is 0.368. The lowest BCUT2D eigenvalue weighted by Crippen LogP contribution is -2.43. The summed E-state index contributed by atoms with van der Waals surface area (Å²) in [6, 6.07) is 9.38. The van der Waals surface area contributed by atoms with Crippen LogP contribution in [0.15, 0.2) is 41.1 Å². The molecule has 0 radical (unpaired) electrons. The van der Waals surface area contributed by atoms with Gasteiger partial charge in [-0.3, -0.25) is 9.69 Å². The minimum Gasteiger partial charge on any atom is -0.465 e. The van der Waals surface area contributed by atoms with Gasteiger partial charge in [0.2, 0.25) is 0 Å². The smallest absolute Gasteiger partial charge is 0.251 e. The van der Waals surface area contributed by atoms with Crippen molar-refractivity contribution in [3.63, 3.8) is 0 Å². The number of aromatic nitrogens is 2. The Balaban J connectivity index is 1.48. The van der Waals surface area contributed by atoms with Gasteiger partial charge in [-0.2, -0.15) is 0 Å². The van der Waals surface area contributed by atoms with Gasteiger partial charge < -0.3 is 19.5 Å². The average Bonchev–Trinajstić information content (AvgIpc) is 3.31. The average molecular weight is 354 g/mol. The molecule has 1 fully saturated rings. The van der Waals surface area contributed by atoms with Gasteiger partial charge in [0.05, 0.1) is 36.6 Å². The minimum absolute atomic E-state index is 0.00700. The lowest BCUT2D eigenvalue weighted by molar-refractivity contribution is 0.0117. The number of furan rings is 1. The molecule has 1 aliphatic rings. The van der Waals surface area contributed by atoms with Gasteiger partial charge in [0.15, 0.2) is 0 Å². The summed E-state index contributed by atoms with van der Waals surface area (Å²) in [5.74, 6) is 1.63. The molecule has 1 aliphatic heterocycles. The third-order valence-electron chi connectivity index (χ3n) is 4.71. The van der Waals surface area contributed by atoms with Gasteiger partial charge in [0.1, 0.15) is 11.5 Å². The summed E-state index contributed by atoms with van der Waals surface area (Å²) in [5, 5.41) is 3.05. The first kappa shape index (κ1) is 16.8. The molecule has 1 amide bonds. The van der Waals surface area contributed by atoms with E-state index in [2.05, 4.69) is 20.2 Å². The van der Waals surface area contributed by atoms with Crippen molar-refractivity contribution in [2.75, 3.05) is 32.8 Å². The van der Waals surface area contributed by atoms with Crippen LogP contribution >= 0.6 is 0 Å². The Morgan fingerprint density at radius 3 is 2.92 bits per heavy atom. The van der Waals surface area contributed by atoms with E-state index in [-0.39, 0.29) is 11.9 Å². The topological polar surface area (TPSA) is 83.4 Å². The van der Waals surface area contributed by atoms with Crippen LogP contribution in [0.5, 0.6) is 0 Å². The van der Waals surface area contributed by atoms with Crippen LogP contribution in [0.3, 0.4) is 0 Å². The predicted octanol–water partition coefficient (Wildman–Crippen LogP) is 2.27. The van der Waals surface area contributed by atoms with Crippen molar-refractivity contribution in [3.8, 4) is 0 Å². The number of imidazole rings is 1. The Morgan fingerprint density at radius 1 is 1.31 bits per heavy atom. The number of nitrogens with one attached hydrogen (secondary N) is 2. The number of ether oxygens (including phenoxy) is 1. The Labute approximate surface area is 151 Å². The van der Waals surface area contributed by atoms with Crippen molar-refractivity contribution in [1.82, 2.24) is 20.2 Å². The zero-order chi connectivity index (χ0) is 17.9. The number of amides is 1. The highest BCUT2D eigenvalue weighted by Crippen LogP contribution is 2.23. The van der Waals surface area contributed by atoms with E-state index < -0.39 is 0 Å². The quantitative estimate of drug-likeness (QED) is 0.734. The van der Waals surface area contributed by atoms with Gasteiger partial charge in [-0.05, 0) is 37.3 Å². The van der Waals surface area contributed by atoms with Gasteiger partial charge in [0, 0.05) is 25.2 Å². The number of benzene rings is 1. The van der Waals surface area contributed by atoms with E-state index in [9.17, 15) is 4.79 Å². The summed E-state index contributed by atoms with van der Waals surface area (Å²) in [6.45, 7) is 5.44. The summed E-state index contributed by atoms with van der Waals surface area (Å²) in [5.41, 5.74) is 2.31. The van der Waals surface area contributed by atoms with E-state index in [4.69, 9.17) is 9.15 Å². The number of morpholine rings is 1. The fourth-order valence-corrected chi connectivity index (χ4v) is 3.30. The van der Waals surface area contributed by atoms with Crippen molar-refractivity contribution >= 4 is 16.9 Å². The number of aromatic amines is 1. The van der Waals surface area contributed by atoms with Gasteiger partial charge in [-0.15, -0.1) is 0 Å². The van der Waals surface area contributed by atoms with E-state index in [0.717, 1.165) is 35.6 Å². The Kier molecular flexibility index (Phi) is 4.73. The zero-order valence-electron chi connectivity index (χ0n) is 14.7. The van der Waals surface area contributed by atoms with Gasteiger partial charge in [0.25, 0.3) is 5.91 Å². The highest BCUT2D eigenvalue weighted by molar-refractivity contribution is 5.97. The number of hydrogen-bond acceptors (Lipinski definition) is 5. The normalized spacial score (nSPS) is 16.7. The third kappa shape index (κ3) is 3.49. The molecule has 2 N–H and O–H groups in total. The molecule has 0 saturated carbocycles. The Bertz CT molecular complexity index is 895. The Hall–Kier alpha value is -2.64. The molecule has 2 aromatic heterocycles. The van der Waals surface area contributed by atoms with Crippen molar-refractivity contribution < 1.29 is 13.9 Å². The van der Waals surface area contributed by atoms with Crippen molar-refractivity contribution in [2.45, 2.75) is 13.0 Å². The molecule has 7 heteroatoms. The van der Waals surface area contributed by atoms with Gasteiger partial charge in [-0.1, -0.05) is 0 Å². The van der Waals surface area contributed by atoms with E-state index >= 15 is 0 Å². The number of carbonyl (C=O) groups excluding carboxylic acids is 1. The van der Waals surface area contributed by atoms with E-state index in [0.29, 0.717) is 25.3 Å². The van der Waals surface area contributed by atoms with Crippen LogP contribution in [0.2, 0.25) is 0 Å². The number of rotatable bonds is 5. The second-order valence-corrected chi connectivity index (χ2v) is 6.46. The van der Waals surface area contributed by atoms with Crippen molar-refractivity contribution in [2.24, 2.45) is 0 Å². The lowest BCUT2D eigenvalue weighted by Gasteiger charge is -2.33. The molecular weight excluding hydrogens is 332 g/mol. The van der Waals surface area contributed by atoms with E-state index in [1.807, 2.05) is 31.2 Å². The van der Waals surface area contributed by atoms with Crippen LogP contribution in [0.4, 0.5) is 0 Å². The Morgan fingerprint density at radius 2 is 2.15 bits per heavy atom. The van der Waals surface area contributed by atoms with Gasteiger partial charge >= 0.3 is 0 Å². The van der Waals surface area contributed by atoms with Crippen LogP contribution in [0, 0.1) is 6.92 Å². The minimum atomic E-state index is -0.108. The molecule has 136 valence electrons. The third-order valence-corrected chi connectivity index (χ3v) is 4.71. The largest absolute Gasteiger partial charge is 0.465 e. The lowest BCUT2D eigenvalue weighted by atomic mass is 10.1. The molecule has 4 rings (SSSR count). The summed E-state index contributed by atoms with van der Waals surface area (Å²) < 4.78 is 11.3. The number of fused-ring (bicyclic) bond motifs is 1. The van der Waals surface area contributed by atoms with Crippen LogP contribution in [-0.4, -0.2) is 53.6 Å². The van der Waals surface area contributed by atoms with E-state index in [1.165, 1.54) is 0 Å². The SMILES string of the molecule is Cc1ccc([C@H](CNC(=O)c2ccc3nc[nH]c3c2)N2CCOCC2)o1. The first-order valence-electron chi connectivity index (χ1n) is 8.80. The second-order valence-electron chi connectivity index (χ2n) is 6.46. The highest BCUT2D eigenvalue weighted by atomic mass is 16.5. The number of aryl methyl sites for hydroxylation is 1. The number of hydrogen-bond donors (Lipinski definition) is 2. The van der Waals surface area contributed by atoms with Crippen LogP contribution < -0.4 is 5.32 Å². The molecule has 26 heavy (non-hydrogen) atoms. The van der Waals surface area contributed by atoms with E-state index in [1.54, 1.807) is 12.4 Å². The number of carbonyl (C=O) groups is 1. The van der Waals surface area contributed by atoms with Crippen LogP contribution in [0.1, 0.15) is 27.9 Å². The summed E-state index contributed by atoms with van der Waals surface area (Å²) in [7, 11) is 0. The van der Waals surface area contributed by atoms with Crippen LogP contribution in [-0.2, 0) is 4.74 Å². The first-order chi connectivity index (χ1) is 12.7. The van der Waals surface area contributed by atoms with Gasteiger partial charge in [-0.25, -0.2) is 4.98 Å². The molecule has 3 heterocycles. The maximum absolute atomic E-state index is 12.6. The van der Waals surface area contributed by atoms with Crippen LogP contribution in [0.25, 0.3) is 11.0 Å². The summed E-state index contributed by atoms with van der Waals surface area (Å²) in [6.07, 6.45) is 1.63. The number of nitrogens with zero attached hydrogens (tertiary/aromatic N) is 2. The van der Waals surface area contributed by atoms with Crippen molar-refractivity contribution in [1.29, 1.82) is 0 Å². The van der Waals surface area contributed by atoms with Crippen molar-refractivity contribution in [3.05, 3.63) is 53.7 Å². The molecule has 0 spiro atoms. The molecular formula is C19H22N4O3. The predicted molar refractivity (Wildman–Crippen MR) is 97.0 cm³/mol. The highest BCUT2D eigenvalue weighted by Gasteiger charge is 2.25. The number of H-pyrrole nitrogens is 1. The molecule has 1 atom stereocenters. The first-order valence-corrected chi connectivity index (χ1v) is 8.80. The molecule has 0 unspecified atom stereocenters. The second kappa shape index (κ2) is 7.31. The molecule has 0 aliphatic carbocycles. The molecule has 0 bridgehead atoms. The fourth-order valence-electron chi connectivity index (χ4n) is 3.30. The maximum Gasteiger partial charge on any atom is 0.251 e. The summed E-state index contributed by atoms with van der Waals surface area (Å²) in [4.78, 5) is 22.1. The zero-order valence-corrected chi connectivity index (χ0v) is 14.7. The maximum atomic E-state index is 12.6. The molecule has 1 aromatic carbocycles. The standard InChI is InChI=1S/C19H22N4O3/c1-13-2-5-18(26-13)17(23-6-8-25-9-7-23)11-20-19(24)14-3-4-15-16(10-14)22-12-21-15/h2-5,10,12,17H,6-9,11H2,1H3,(H,20,24)(H,21,22)/t17-/m0/s1. The molecule has 1 saturated heterocycles. The monoisotopic (exact) mass is 354 g/mol. The summed E-state index contributed by atoms with van der Waals surface area (Å²) >= 11 is 0. The molecule has 3 aromatic rings. The molecule has 7 nitrogen and oxygen atoms in total.